The molecule has 6 rings (SSSR count). The number of ether oxygens (including phenoxy) is 1. The first-order valence-corrected chi connectivity index (χ1v) is 15.8. The number of aryl methyl sites for hydroxylation is 1. The lowest BCUT2D eigenvalue weighted by Crippen LogP contribution is -2.36. The SMILES string of the molecule is Cc1cc(/C=C2\SC(=Nc3ccc(N4CCOCC4)cc3)N(C)C2=O)c(C)n1-c1ccc(Sc2ccc([N+](=O)[O-])cc2)cc1. The van der Waals surface area contributed by atoms with Crippen molar-refractivity contribution in [3.63, 3.8) is 0 Å². The highest BCUT2D eigenvalue weighted by Gasteiger charge is 2.31. The van der Waals surface area contributed by atoms with Gasteiger partial charge in [0.15, 0.2) is 5.17 Å². The Labute approximate surface area is 264 Å². The number of nitro groups is 1. The molecule has 11 heteroatoms. The van der Waals surface area contributed by atoms with Crippen LogP contribution < -0.4 is 4.90 Å². The lowest BCUT2D eigenvalue weighted by atomic mass is 10.2. The van der Waals surface area contributed by atoms with Crippen LogP contribution in [0.1, 0.15) is 17.0 Å². The van der Waals surface area contributed by atoms with Gasteiger partial charge in [0.1, 0.15) is 0 Å². The van der Waals surface area contributed by atoms with E-state index in [1.807, 2.05) is 30.3 Å². The summed E-state index contributed by atoms with van der Waals surface area (Å²) in [5.41, 5.74) is 6.12. The predicted octanol–water partition coefficient (Wildman–Crippen LogP) is 7.22. The van der Waals surface area contributed by atoms with Crippen molar-refractivity contribution in [1.82, 2.24) is 9.47 Å². The molecule has 0 spiro atoms. The lowest BCUT2D eigenvalue weighted by molar-refractivity contribution is -0.384. The molecule has 224 valence electrons. The van der Waals surface area contributed by atoms with Crippen LogP contribution in [0.4, 0.5) is 17.1 Å². The molecule has 3 heterocycles. The predicted molar refractivity (Wildman–Crippen MR) is 177 cm³/mol. The summed E-state index contributed by atoms with van der Waals surface area (Å²) in [5, 5.41) is 11.6. The summed E-state index contributed by atoms with van der Waals surface area (Å²) in [5.74, 6) is -0.0730. The van der Waals surface area contributed by atoms with Gasteiger partial charge in [-0.05, 0) is 104 Å². The monoisotopic (exact) mass is 625 g/mol. The minimum absolute atomic E-state index is 0.0730. The van der Waals surface area contributed by atoms with E-state index in [1.54, 1.807) is 35.8 Å². The molecule has 0 atom stereocenters. The number of hydrogen-bond donors (Lipinski definition) is 0. The van der Waals surface area contributed by atoms with E-state index in [4.69, 9.17) is 9.73 Å². The number of anilines is 1. The number of nitro benzene ring substituents is 1. The highest BCUT2D eigenvalue weighted by molar-refractivity contribution is 8.18. The van der Waals surface area contributed by atoms with Gasteiger partial charge in [-0.15, -0.1) is 0 Å². The topological polar surface area (TPSA) is 93.2 Å². The first-order chi connectivity index (χ1) is 21.3. The maximum atomic E-state index is 13.2. The fraction of sp³-hybridized carbons (Fsp3) is 0.212. The molecule has 0 saturated carbocycles. The van der Waals surface area contributed by atoms with Crippen LogP contribution in [0.15, 0.2) is 98.6 Å². The molecule has 0 N–H and O–H groups in total. The molecule has 0 unspecified atom stereocenters. The summed E-state index contributed by atoms with van der Waals surface area (Å²) in [4.78, 5) is 35.0. The molecular formula is C33H31N5O4S2. The van der Waals surface area contributed by atoms with Gasteiger partial charge in [0.2, 0.25) is 0 Å². The minimum Gasteiger partial charge on any atom is -0.378 e. The van der Waals surface area contributed by atoms with Crippen LogP contribution in [-0.4, -0.2) is 58.8 Å². The number of amidine groups is 1. The Morgan fingerprint density at radius 1 is 0.932 bits per heavy atom. The van der Waals surface area contributed by atoms with Crippen molar-refractivity contribution < 1.29 is 14.5 Å². The van der Waals surface area contributed by atoms with Crippen LogP contribution in [-0.2, 0) is 9.53 Å². The minimum atomic E-state index is -0.395. The number of morpholine rings is 1. The number of hydrogen-bond acceptors (Lipinski definition) is 8. The van der Waals surface area contributed by atoms with E-state index in [1.165, 1.54) is 23.9 Å². The van der Waals surface area contributed by atoms with Gasteiger partial charge < -0.3 is 14.2 Å². The zero-order valence-electron chi connectivity index (χ0n) is 24.6. The number of thioether (sulfide) groups is 1. The number of nitrogens with zero attached hydrogens (tertiary/aromatic N) is 5. The molecule has 2 aliphatic rings. The number of carbonyl (C=O) groups excluding carboxylic acids is 1. The van der Waals surface area contributed by atoms with Crippen LogP contribution in [0, 0.1) is 24.0 Å². The first kappa shape index (κ1) is 29.7. The third-order valence-corrected chi connectivity index (χ3v) is 9.67. The van der Waals surface area contributed by atoms with Crippen LogP contribution >= 0.6 is 23.5 Å². The van der Waals surface area contributed by atoms with Gasteiger partial charge in [-0.3, -0.25) is 19.8 Å². The Bertz CT molecular complexity index is 1760. The van der Waals surface area contributed by atoms with Gasteiger partial charge in [0, 0.05) is 64.8 Å². The first-order valence-electron chi connectivity index (χ1n) is 14.2. The molecule has 0 bridgehead atoms. The number of amides is 1. The standard InChI is InChI=1S/C33H31N5O4S2/c1-22-20-24(23(2)37(22)27-8-12-29(13-9-27)43-30-14-10-28(11-15-30)38(40)41)21-31-32(39)35(3)33(44-31)34-25-4-6-26(7-5-25)36-16-18-42-19-17-36/h4-15,20-21H,16-19H2,1-3H3/b31-21-,34-33?. The summed E-state index contributed by atoms with van der Waals surface area (Å²) in [6, 6.07) is 25.0. The number of aromatic nitrogens is 1. The van der Waals surface area contributed by atoms with Crippen LogP contribution in [0.3, 0.4) is 0 Å². The molecule has 1 aromatic heterocycles. The summed E-state index contributed by atoms with van der Waals surface area (Å²) in [6.45, 7) is 7.34. The van der Waals surface area contributed by atoms with Gasteiger partial charge in [0.25, 0.3) is 11.6 Å². The molecule has 44 heavy (non-hydrogen) atoms. The molecule has 1 amide bonds. The van der Waals surface area contributed by atoms with Crippen molar-refractivity contribution in [3.8, 4) is 5.69 Å². The highest BCUT2D eigenvalue weighted by atomic mass is 32.2. The summed E-state index contributed by atoms with van der Waals surface area (Å²) < 4.78 is 7.62. The van der Waals surface area contributed by atoms with Crippen molar-refractivity contribution in [2.75, 3.05) is 38.3 Å². The van der Waals surface area contributed by atoms with Crippen LogP contribution in [0.2, 0.25) is 0 Å². The quantitative estimate of drug-likeness (QED) is 0.122. The number of likely N-dealkylation sites (N-methyl/N-ethyl adjacent to an activating group) is 1. The molecule has 4 aromatic rings. The van der Waals surface area contributed by atoms with E-state index in [9.17, 15) is 14.9 Å². The fourth-order valence-corrected chi connectivity index (χ4v) is 7.02. The van der Waals surface area contributed by atoms with Gasteiger partial charge >= 0.3 is 0 Å². The number of carbonyl (C=O) groups is 1. The average molecular weight is 626 g/mol. The number of benzene rings is 3. The third kappa shape index (κ3) is 6.30. The largest absolute Gasteiger partial charge is 0.378 e. The van der Waals surface area contributed by atoms with Gasteiger partial charge in [0.05, 0.1) is 28.7 Å². The van der Waals surface area contributed by atoms with E-state index >= 15 is 0 Å². The van der Waals surface area contributed by atoms with Crippen molar-refractivity contribution in [2.45, 2.75) is 23.6 Å². The second-order valence-electron chi connectivity index (χ2n) is 10.5. The molecule has 2 saturated heterocycles. The van der Waals surface area contributed by atoms with Gasteiger partial charge in [-0.1, -0.05) is 11.8 Å². The number of rotatable bonds is 7. The molecule has 9 nitrogen and oxygen atoms in total. The Morgan fingerprint density at radius 2 is 1.55 bits per heavy atom. The van der Waals surface area contributed by atoms with Crippen LogP contribution in [0.5, 0.6) is 0 Å². The average Bonchev–Trinajstić information content (AvgIpc) is 3.47. The Morgan fingerprint density at radius 3 is 2.18 bits per heavy atom. The van der Waals surface area contributed by atoms with Crippen molar-refractivity contribution >= 4 is 57.7 Å². The lowest BCUT2D eigenvalue weighted by Gasteiger charge is -2.28. The van der Waals surface area contributed by atoms with Crippen molar-refractivity contribution in [2.24, 2.45) is 4.99 Å². The Hall–Kier alpha value is -4.32. The summed E-state index contributed by atoms with van der Waals surface area (Å²) in [6.07, 6.45) is 1.95. The zero-order valence-corrected chi connectivity index (χ0v) is 26.2. The van der Waals surface area contributed by atoms with E-state index in [0.717, 1.165) is 70.1 Å². The van der Waals surface area contributed by atoms with E-state index in [-0.39, 0.29) is 11.6 Å². The van der Waals surface area contributed by atoms with Crippen LogP contribution in [0.25, 0.3) is 11.8 Å². The molecule has 3 aromatic carbocycles. The normalized spacial score (nSPS) is 17.2. The Kier molecular flexibility index (Phi) is 8.60. The summed E-state index contributed by atoms with van der Waals surface area (Å²) in [7, 11) is 1.76. The Balaban J connectivity index is 1.17. The zero-order chi connectivity index (χ0) is 30.8. The van der Waals surface area contributed by atoms with E-state index < -0.39 is 4.92 Å². The highest BCUT2D eigenvalue weighted by Crippen LogP contribution is 2.35. The molecule has 0 radical (unpaired) electrons. The third-order valence-electron chi connectivity index (χ3n) is 7.59. The van der Waals surface area contributed by atoms with E-state index in [2.05, 4.69) is 53.6 Å². The van der Waals surface area contributed by atoms with E-state index in [0.29, 0.717) is 10.1 Å². The second-order valence-corrected chi connectivity index (χ2v) is 12.6. The molecular weight excluding hydrogens is 595 g/mol. The number of aliphatic imine (C=N–C) groups is 1. The van der Waals surface area contributed by atoms with Gasteiger partial charge in [-0.2, -0.15) is 0 Å². The second kappa shape index (κ2) is 12.7. The maximum absolute atomic E-state index is 13.2. The molecule has 2 aliphatic heterocycles. The van der Waals surface area contributed by atoms with Crippen molar-refractivity contribution in [1.29, 1.82) is 0 Å². The molecule has 0 aliphatic carbocycles. The summed E-state index contributed by atoms with van der Waals surface area (Å²) >= 11 is 2.94. The van der Waals surface area contributed by atoms with Gasteiger partial charge in [-0.25, -0.2) is 4.99 Å². The fourth-order valence-electron chi connectivity index (χ4n) is 5.23. The number of non-ortho nitro benzene ring substituents is 1. The maximum Gasteiger partial charge on any atom is 0.269 e. The molecule has 2 fully saturated rings. The van der Waals surface area contributed by atoms with Crippen molar-refractivity contribution in [3.05, 3.63) is 111 Å². The smallest absolute Gasteiger partial charge is 0.269 e.